The maximum Gasteiger partial charge on any atom is 0.335 e. The first-order valence-electron chi connectivity index (χ1n) is 7.51. The lowest BCUT2D eigenvalue weighted by molar-refractivity contribution is 0.0696. The summed E-state index contributed by atoms with van der Waals surface area (Å²) in [5, 5.41) is 18.4. The minimum Gasteiger partial charge on any atom is -0.478 e. The van der Waals surface area contributed by atoms with E-state index < -0.39 is 16.0 Å². The molecule has 1 aromatic heterocycles. The van der Waals surface area contributed by atoms with E-state index in [-0.39, 0.29) is 16.2 Å². The third-order valence-corrected chi connectivity index (χ3v) is 5.27. The number of para-hydroxylation sites is 1. The lowest BCUT2D eigenvalue weighted by Crippen LogP contribution is -2.16. The van der Waals surface area contributed by atoms with Gasteiger partial charge < -0.3 is 9.84 Å². The SMILES string of the molecule is NS(=O)(=O)c1cc(C(=O)O)cc(Cc2ccsc2)c1Oc1ccccc1. The average molecular weight is 389 g/mol. The van der Waals surface area contributed by atoms with Crippen LogP contribution < -0.4 is 9.88 Å². The molecular weight excluding hydrogens is 374 g/mol. The van der Waals surface area contributed by atoms with Crippen molar-refractivity contribution in [2.75, 3.05) is 0 Å². The van der Waals surface area contributed by atoms with Crippen LogP contribution in [0.5, 0.6) is 11.5 Å². The molecule has 0 spiro atoms. The van der Waals surface area contributed by atoms with Crippen molar-refractivity contribution in [2.24, 2.45) is 5.14 Å². The van der Waals surface area contributed by atoms with Gasteiger partial charge in [0.05, 0.1) is 5.56 Å². The molecule has 0 bridgehead atoms. The van der Waals surface area contributed by atoms with Gasteiger partial charge in [0.25, 0.3) is 0 Å². The Kier molecular flexibility index (Phi) is 5.08. The number of benzene rings is 2. The molecule has 26 heavy (non-hydrogen) atoms. The highest BCUT2D eigenvalue weighted by Gasteiger charge is 2.23. The van der Waals surface area contributed by atoms with Gasteiger partial charge in [-0.1, -0.05) is 18.2 Å². The Labute approximate surface area is 154 Å². The fraction of sp³-hybridized carbons (Fsp3) is 0.0556. The Morgan fingerprint density at radius 1 is 1.15 bits per heavy atom. The van der Waals surface area contributed by atoms with E-state index in [1.807, 2.05) is 16.8 Å². The smallest absolute Gasteiger partial charge is 0.335 e. The number of hydrogen-bond acceptors (Lipinski definition) is 5. The van der Waals surface area contributed by atoms with Gasteiger partial charge in [0.1, 0.15) is 10.6 Å². The predicted molar refractivity (Wildman–Crippen MR) is 98.4 cm³/mol. The summed E-state index contributed by atoms with van der Waals surface area (Å²) >= 11 is 1.49. The number of thiophene rings is 1. The van der Waals surface area contributed by atoms with Gasteiger partial charge in [-0.25, -0.2) is 18.4 Å². The first-order chi connectivity index (χ1) is 12.3. The second kappa shape index (κ2) is 7.28. The zero-order valence-electron chi connectivity index (χ0n) is 13.5. The summed E-state index contributed by atoms with van der Waals surface area (Å²) < 4.78 is 30.0. The van der Waals surface area contributed by atoms with Crippen LogP contribution in [0, 0.1) is 0 Å². The second-order valence-corrected chi connectivity index (χ2v) is 7.85. The van der Waals surface area contributed by atoms with Gasteiger partial charge in [0, 0.05) is 12.0 Å². The summed E-state index contributed by atoms with van der Waals surface area (Å²) in [5.41, 5.74) is 1.17. The monoisotopic (exact) mass is 389 g/mol. The Morgan fingerprint density at radius 2 is 1.88 bits per heavy atom. The van der Waals surface area contributed by atoms with Crippen LogP contribution in [-0.2, 0) is 16.4 Å². The molecule has 0 amide bonds. The zero-order chi connectivity index (χ0) is 18.7. The van der Waals surface area contributed by atoms with Gasteiger partial charge in [-0.2, -0.15) is 11.3 Å². The molecule has 0 fully saturated rings. The molecule has 0 aliphatic heterocycles. The molecular formula is C18H15NO5S2. The molecule has 0 aliphatic rings. The summed E-state index contributed by atoms with van der Waals surface area (Å²) in [6, 6.07) is 12.9. The highest BCUT2D eigenvalue weighted by atomic mass is 32.2. The summed E-state index contributed by atoms with van der Waals surface area (Å²) in [6.07, 6.45) is 0.315. The number of hydrogen-bond donors (Lipinski definition) is 2. The molecule has 3 aromatic rings. The Hall–Kier alpha value is -2.68. The Morgan fingerprint density at radius 3 is 2.46 bits per heavy atom. The fourth-order valence-corrected chi connectivity index (χ4v) is 3.85. The number of primary sulfonamides is 1. The van der Waals surface area contributed by atoms with Crippen molar-refractivity contribution in [2.45, 2.75) is 11.3 Å². The number of sulfonamides is 1. The molecule has 3 N–H and O–H groups in total. The maximum atomic E-state index is 12.1. The zero-order valence-corrected chi connectivity index (χ0v) is 15.1. The van der Waals surface area contributed by atoms with Crippen LogP contribution in [-0.4, -0.2) is 19.5 Å². The van der Waals surface area contributed by atoms with Gasteiger partial charge >= 0.3 is 5.97 Å². The van der Waals surface area contributed by atoms with Crippen LogP contribution in [0.15, 0.2) is 64.2 Å². The molecule has 1 heterocycles. The number of nitrogens with two attached hydrogens (primary N) is 1. The standard InChI is InChI=1S/C18H15NO5S2/c19-26(22,23)16-10-14(18(20)21)9-13(8-12-6-7-25-11-12)17(16)24-15-4-2-1-3-5-15/h1-7,9-11H,8H2,(H,20,21)(H2,19,22,23). The average Bonchev–Trinajstić information content (AvgIpc) is 3.09. The van der Waals surface area contributed by atoms with Gasteiger partial charge in [0.15, 0.2) is 5.75 Å². The van der Waals surface area contributed by atoms with Crippen LogP contribution in [0.4, 0.5) is 0 Å². The molecule has 0 radical (unpaired) electrons. The second-order valence-electron chi connectivity index (χ2n) is 5.54. The number of carbonyl (C=O) groups is 1. The van der Waals surface area contributed by atoms with Crippen molar-refractivity contribution in [3.8, 4) is 11.5 Å². The highest BCUT2D eigenvalue weighted by molar-refractivity contribution is 7.89. The summed E-state index contributed by atoms with van der Waals surface area (Å²) in [5.74, 6) is -0.783. The van der Waals surface area contributed by atoms with Gasteiger partial charge in [-0.15, -0.1) is 0 Å². The quantitative estimate of drug-likeness (QED) is 0.671. The van der Waals surface area contributed by atoms with E-state index >= 15 is 0 Å². The van der Waals surface area contributed by atoms with Crippen LogP contribution in [0.1, 0.15) is 21.5 Å². The number of aromatic carboxylic acids is 1. The van der Waals surface area contributed by atoms with Crippen molar-refractivity contribution >= 4 is 27.3 Å². The number of carboxylic acid groups (broad SMARTS) is 1. The molecule has 0 saturated heterocycles. The molecule has 2 aromatic carbocycles. The third-order valence-electron chi connectivity index (χ3n) is 3.62. The largest absolute Gasteiger partial charge is 0.478 e. The molecule has 0 saturated carbocycles. The van der Waals surface area contributed by atoms with Crippen LogP contribution in [0.2, 0.25) is 0 Å². The van der Waals surface area contributed by atoms with E-state index in [1.165, 1.54) is 17.4 Å². The third kappa shape index (κ3) is 4.10. The van der Waals surface area contributed by atoms with Crippen LogP contribution in [0.25, 0.3) is 0 Å². The van der Waals surface area contributed by atoms with E-state index in [4.69, 9.17) is 9.88 Å². The molecule has 6 nitrogen and oxygen atoms in total. The maximum absolute atomic E-state index is 12.1. The van der Waals surface area contributed by atoms with E-state index in [2.05, 4.69) is 0 Å². The van der Waals surface area contributed by atoms with E-state index in [1.54, 1.807) is 30.3 Å². The minimum absolute atomic E-state index is 0.0369. The lowest BCUT2D eigenvalue weighted by atomic mass is 10.0. The lowest BCUT2D eigenvalue weighted by Gasteiger charge is -2.16. The Balaban J connectivity index is 2.20. The highest BCUT2D eigenvalue weighted by Crippen LogP contribution is 2.35. The molecule has 0 aliphatic carbocycles. The van der Waals surface area contributed by atoms with Crippen molar-refractivity contribution in [1.82, 2.24) is 0 Å². The summed E-state index contributed by atoms with van der Waals surface area (Å²) in [7, 11) is -4.20. The van der Waals surface area contributed by atoms with E-state index in [0.717, 1.165) is 11.6 Å². The summed E-state index contributed by atoms with van der Waals surface area (Å²) in [6.45, 7) is 0. The number of carboxylic acids is 1. The van der Waals surface area contributed by atoms with Crippen LogP contribution in [0.3, 0.4) is 0 Å². The molecule has 3 rings (SSSR count). The Bertz CT molecular complexity index is 1030. The van der Waals surface area contributed by atoms with Crippen molar-refractivity contribution < 1.29 is 23.1 Å². The van der Waals surface area contributed by atoms with Gasteiger partial charge in [-0.3, -0.25) is 0 Å². The topological polar surface area (TPSA) is 107 Å². The molecule has 134 valence electrons. The fourth-order valence-electron chi connectivity index (χ4n) is 2.46. The molecule has 0 unspecified atom stereocenters. The minimum atomic E-state index is -4.20. The van der Waals surface area contributed by atoms with E-state index in [9.17, 15) is 18.3 Å². The predicted octanol–water partition coefficient (Wildman–Crippen LogP) is 3.48. The number of ether oxygens (including phenoxy) is 1. The first-order valence-corrected chi connectivity index (χ1v) is 10.0. The van der Waals surface area contributed by atoms with Gasteiger partial charge in [0.2, 0.25) is 10.0 Å². The van der Waals surface area contributed by atoms with Crippen molar-refractivity contribution in [3.05, 3.63) is 76.0 Å². The first kappa shape index (κ1) is 18.1. The van der Waals surface area contributed by atoms with E-state index in [0.29, 0.717) is 17.7 Å². The van der Waals surface area contributed by atoms with Crippen molar-refractivity contribution in [1.29, 1.82) is 0 Å². The normalized spacial score (nSPS) is 11.3. The van der Waals surface area contributed by atoms with Gasteiger partial charge in [-0.05, 0) is 46.7 Å². The number of rotatable bonds is 6. The molecule has 0 atom stereocenters. The van der Waals surface area contributed by atoms with Crippen molar-refractivity contribution in [3.63, 3.8) is 0 Å². The molecule has 8 heteroatoms. The van der Waals surface area contributed by atoms with Crippen LogP contribution >= 0.6 is 11.3 Å². The summed E-state index contributed by atoms with van der Waals surface area (Å²) in [4.78, 5) is 11.1.